The summed E-state index contributed by atoms with van der Waals surface area (Å²) in [6.07, 6.45) is 1.79. The number of hydrogen-bond acceptors (Lipinski definition) is 4. The maximum Gasteiger partial charge on any atom is 0.533 e. The molecule has 0 unspecified atom stereocenters. The van der Waals surface area contributed by atoms with Gasteiger partial charge in [0.15, 0.2) is 6.73 Å². The van der Waals surface area contributed by atoms with Crippen molar-refractivity contribution in [1.29, 1.82) is 0 Å². The molecule has 5 heteroatoms. The molecule has 0 spiro atoms. The molecule has 0 aliphatic carbocycles. The topological polar surface area (TPSA) is 39.7 Å². The van der Waals surface area contributed by atoms with E-state index in [9.17, 15) is 0 Å². The lowest BCUT2D eigenvalue weighted by Gasteiger charge is -2.32. The Morgan fingerprint density at radius 1 is 1.21 bits per heavy atom. The third-order valence-corrected chi connectivity index (χ3v) is 3.05. The van der Waals surface area contributed by atoms with E-state index < -0.39 is 0 Å². The van der Waals surface area contributed by atoms with Crippen LogP contribution < -0.4 is 5.32 Å². The van der Waals surface area contributed by atoms with E-state index >= 15 is 0 Å². The van der Waals surface area contributed by atoms with Crippen LogP contribution in [0.3, 0.4) is 0 Å². The van der Waals surface area contributed by atoms with E-state index in [1.165, 1.54) is 0 Å². The summed E-state index contributed by atoms with van der Waals surface area (Å²) in [5.74, 6) is 0. The van der Waals surface area contributed by atoms with Crippen molar-refractivity contribution in [3.63, 3.8) is 0 Å². The fourth-order valence-corrected chi connectivity index (χ4v) is 1.40. The summed E-state index contributed by atoms with van der Waals surface area (Å²) in [7, 11) is -0.380. The van der Waals surface area contributed by atoms with Crippen LogP contribution in [0.25, 0.3) is 0 Å². The summed E-state index contributed by atoms with van der Waals surface area (Å²) in [6, 6.07) is 0. The van der Waals surface area contributed by atoms with Crippen LogP contribution in [0, 0.1) is 0 Å². The highest BCUT2D eigenvalue weighted by molar-refractivity contribution is 6.53. The molecule has 0 saturated carbocycles. The van der Waals surface area contributed by atoms with E-state index in [0.29, 0.717) is 6.73 Å². The zero-order valence-corrected chi connectivity index (χ0v) is 9.09. The zero-order chi connectivity index (χ0) is 10.4. The van der Waals surface area contributed by atoms with Gasteiger partial charge in [0, 0.05) is 6.20 Å². The van der Waals surface area contributed by atoms with Gasteiger partial charge >= 0.3 is 7.12 Å². The van der Waals surface area contributed by atoms with Crippen LogP contribution in [0.4, 0.5) is 0 Å². The predicted molar refractivity (Wildman–Crippen MR) is 53.3 cm³/mol. The van der Waals surface area contributed by atoms with E-state index in [1.54, 1.807) is 6.20 Å². The molecular weight excluding hydrogens is 181 g/mol. The number of ether oxygens (including phenoxy) is 1. The number of hydrogen-bond donors (Lipinski definition) is 1. The Morgan fingerprint density at radius 2 is 1.79 bits per heavy atom. The van der Waals surface area contributed by atoms with Gasteiger partial charge in [-0.05, 0) is 27.7 Å². The van der Waals surface area contributed by atoms with Crippen molar-refractivity contribution in [3.05, 3.63) is 11.9 Å². The first-order valence-electron chi connectivity index (χ1n) is 4.84. The van der Waals surface area contributed by atoms with Gasteiger partial charge in [0.1, 0.15) is 5.66 Å². The molecule has 0 bridgehead atoms. The lowest BCUT2D eigenvalue weighted by molar-refractivity contribution is 0.00578. The van der Waals surface area contributed by atoms with Crippen molar-refractivity contribution >= 4 is 7.12 Å². The Kier molecular flexibility index (Phi) is 2.05. The van der Waals surface area contributed by atoms with Crippen LogP contribution in [-0.4, -0.2) is 25.1 Å². The molecule has 2 aliphatic heterocycles. The zero-order valence-electron chi connectivity index (χ0n) is 9.09. The largest absolute Gasteiger partial charge is 0.533 e. The Labute approximate surface area is 84.7 Å². The van der Waals surface area contributed by atoms with Crippen molar-refractivity contribution in [2.45, 2.75) is 38.9 Å². The van der Waals surface area contributed by atoms with Gasteiger partial charge in [-0.25, -0.2) is 0 Å². The summed E-state index contributed by atoms with van der Waals surface area (Å²) in [6.45, 7) is 8.59. The van der Waals surface area contributed by atoms with Gasteiger partial charge in [-0.15, -0.1) is 0 Å². The molecule has 0 amide bonds. The highest BCUT2D eigenvalue weighted by Crippen LogP contribution is 2.38. The summed E-state index contributed by atoms with van der Waals surface area (Å²) in [4.78, 5) is 0. The van der Waals surface area contributed by atoms with E-state index in [2.05, 4.69) is 5.32 Å². The van der Waals surface area contributed by atoms with Gasteiger partial charge in [-0.1, -0.05) is 0 Å². The van der Waals surface area contributed by atoms with Crippen molar-refractivity contribution in [2.75, 3.05) is 6.73 Å². The highest BCUT2D eigenvalue weighted by atomic mass is 16.7. The molecule has 4 nitrogen and oxygen atoms in total. The Bertz CT molecular complexity index is 259. The minimum absolute atomic E-state index is 0.301. The molecule has 1 N–H and O–H groups in total. The summed E-state index contributed by atoms with van der Waals surface area (Å²) in [5.41, 5.74) is 0.123. The van der Waals surface area contributed by atoms with Gasteiger partial charge in [0.05, 0.1) is 11.2 Å². The van der Waals surface area contributed by atoms with E-state index in [-0.39, 0.29) is 18.3 Å². The highest BCUT2D eigenvalue weighted by Gasteiger charge is 2.53. The van der Waals surface area contributed by atoms with Crippen molar-refractivity contribution < 1.29 is 14.0 Å². The molecule has 1 saturated heterocycles. The molecule has 2 rings (SSSR count). The van der Waals surface area contributed by atoms with Crippen molar-refractivity contribution in [3.8, 4) is 0 Å². The van der Waals surface area contributed by atoms with Gasteiger partial charge in [0.25, 0.3) is 0 Å². The lowest BCUT2D eigenvalue weighted by atomic mass is 9.87. The molecule has 1 fully saturated rings. The maximum atomic E-state index is 5.79. The molecular formula is C9H16BNO3. The molecule has 0 atom stereocenters. The number of nitrogens with one attached hydrogen (secondary N) is 1. The molecule has 0 radical (unpaired) electrons. The van der Waals surface area contributed by atoms with E-state index in [4.69, 9.17) is 14.0 Å². The van der Waals surface area contributed by atoms with Crippen molar-refractivity contribution in [2.24, 2.45) is 0 Å². The predicted octanol–water partition coefficient (Wildman–Crippen LogP) is 1.04. The minimum atomic E-state index is -0.380. The standard InChI is InChI=1S/C9H16BNO3/c1-8(2)9(3,4)14-10(13-8)7-5-11-6-12-7/h5,11H,6H2,1-4H3. The molecule has 78 valence electrons. The quantitative estimate of drug-likeness (QED) is 0.637. The average Bonchev–Trinajstić information content (AvgIpc) is 2.58. The fraction of sp³-hybridized carbons (Fsp3) is 0.778. The number of rotatable bonds is 1. The molecule has 0 aromatic heterocycles. The second kappa shape index (κ2) is 2.91. The first kappa shape index (κ1) is 9.86. The second-order valence-corrected chi connectivity index (χ2v) is 4.63. The first-order chi connectivity index (χ1) is 6.42. The summed E-state index contributed by atoms with van der Waals surface area (Å²) in [5, 5.41) is 2.96. The molecule has 2 aliphatic rings. The minimum Gasteiger partial charge on any atom is -0.480 e. The fourth-order valence-electron chi connectivity index (χ4n) is 1.40. The molecule has 0 aromatic rings. The Hall–Kier alpha value is -0.675. The van der Waals surface area contributed by atoms with Crippen LogP contribution in [0.2, 0.25) is 0 Å². The monoisotopic (exact) mass is 197 g/mol. The molecule has 14 heavy (non-hydrogen) atoms. The van der Waals surface area contributed by atoms with Crippen molar-refractivity contribution in [1.82, 2.24) is 5.32 Å². The van der Waals surface area contributed by atoms with Crippen LogP contribution in [0.5, 0.6) is 0 Å². The van der Waals surface area contributed by atoms with E-state index in [0.717, 1.165) is 5.66 Å². The smallest absolute Gasteiger partial charge is 0.480 e. The van der Waals surface area contributed by atoms with Gasteiger partial charge in [-0.2, -0.15) is 0 Å². The summed E-state index contributed by atoms with van der Waals surface area (Å²) < 4.78 is 16.9. The van der Waals surface area contributed by atoms with Gasteiger partial charge in [0.2, 0.25) is 0 Å². The Balaban J connectivity index is 2.13. The van der Waals surface area contributed by atoms with Crippen LogP contribution in [0.15, 0.2) is 11.9 Å². The summed E-state index contributed by atoms with van der Waals surface area (Å²) >= 11 is 0. The van der Waals surface area contributed by atoms with Crippen LogP contribution in [-0.2, 0) is 14.0 Å². The lowest BCUT2D eigenvalue weighted by Crippen LogP contribution is -2.41. The third kappa shape index (κ3) is 1.40. The van der Waals surface area contributed by atoms with Gasteiger partial charge < -0.3 is 19.4 Å². The molecule has 0 aromatic carbocycles. The third-order valence-electron chi connectivity index (χ3n) is 3.05. The van der Waals surface area contributed by atoms with Crippen LogP contribution >= 0.6 is 0 Å². The second-order valence-electron chi connectivity index (χ2n) is 4.63. The van der Waals surface area contributed by atoms with E-state index in [1.807, 2.05) is 27.7 Å². The average molecular weight is 197 g/mol. The normalized spacial score (nSPS) is 28.3. The SMILES string of the molecule is CC1(C)OB(C2=CNCO2)OC1(C)C. The maximum absolute atomic E-state index is 5.79. The Morgan fingerprint density at radius 3 is 2.21 bits per heavy atom. The first-order valence-corrected chi connectivity index (χ1v) is 4.84. The van der Waals surface area contributed by atoms with Gasteiger partial charge in [-0.3, -0.25) is 0 Å². The molecule has 2 heterocycles. The van der Waals surface area contributed by atoms with Crippen LogP contribution in [0.1, 0.15) is 27.7 Å².